The Balaban J connectivity index is 2.09. The monoisotopic (exact) mass is 206 g/mol. The molecular formula is C11H18N4. The molecule has 0 spiro atoms. The zero-order chi connectivity index (χ0) is 10.5. The summed E-state index contributed by atoms with van der Waals surface area (Å²) in [4.78, 5) is 10.8. The van der Waals surface area contributed by atoms with Gasteiger partial charge >= 0.3 is 0 Å². The van der Waals surface area contributed by atoms with Crippen LogP contribution in [0.3, 0.4) is 0 Å². The van der Waals surface area contributed by atoms with Gasteiger partial charge in [-0.15, -0.1) is 0 Å². The SMILES string of the molecule is CCNc1cc(N2CCCCC2)ncn1. The van der Waals surface area contributed by atoms with E-state index in [2.05, 4.69) is 27.1 Å². The first kappa shape index (κ1) is 10.2. The summed E-state index contributed by atoms with van der Waals surface area (Å²) in [5.41, 5.74) is 0. The molecule has 1 aromatic rings. The predicted molar refractivity (Wildman–Crippen MR) is 62.3 cm³/mol. The molecule has 0 saturated carbocycles. The Morgan fingerprint density at radius 1 is 1.27 bits per heavy atom. The van der Waals surface area contributed by atoms with Crippen molar-refractivity contribution in [1.29, 1.82) is 0 Å². The lowest BCUT2D eigenvalue weighted by Gasteiger charge is -2.27. The fourth-order valence-corrected chi connectivity index (χ4v) is 1.92. The summed E-state index contributed by atoms with van der Waals surface area (Å²) >= 11 is 0. The summed E-state index contributed by atoms with van der Waals surface area (Å²) in [6, 6.07) is 2.04. The second kappa shape index (κ2) is 4.96. The molecule has 1 aliphatic rings. The number of piperidine rings is 1. The van der Waals surface area contributed by atoms with Crippen LogP contribution in [0.4, 0.5) is 11.6 Å². The Hall–Kier alpha value is -1.32. The van der Waals surface area contributed by atoms with Gasteiger partial charge in [0.1, 0.15) is 18.0 Å². The lowest BCUT2D eigenvalue weighted by molar-refractivity contribution is 0.573. The van der Waals surface area contributed by atoms with Gasteiger partial charge in [0.2, 0.25) is 0 Å². The van der Waals surface area contributed by atoms with E-state index in [1.54, 1.807) is 6.33 Å². The topological polar surface area (TPSA) is 41.0 Å². The zero-order valence-corrected chi connectivity index (χ0v) is 9.24. The summed E-state index contributed by atoms with van der Waals surface area (Å²) < 4.78 is 0. The second-order valence-electron chi connectivity index (χ2n) is 3.84. The molecule has 0 atom stereocenters. The first-order chi connectivity index (χ1) is 7.40. The Labute approximate surface area is 90.7 Å². The molecule has 2 heterocycles. The summed E-state index contributed by atoms with van der Waals surface area (Å²) in [5, 5.41) is 3.21. The number of aromatic nitrogens is 2. The first-order valence-electron chi connectivity index (χ1n) is 5.71. The molecule has 1 N–H and O–H groups in total. The molecule has 0 aliphatic carbocycles. The molecule has 1 aromatic heterocycles. The van der Waals surface area contributed by atoms with Crippen LogP contribution >= 0.6 is 0 Å². The lowest BCUT2D eigenvalue weighted by atomic mass is 10.1. The molecule has 4 heteroatoms. The van der Waals surface area contributed by atoms with Crippen molar-refractivity contribution >= 4 is 11.6 Å². The highest BCUT2D eigenvalue weighted by Gasteiger charge is 2.12. The van der Waals surface area contributed by atoms with Gasteiger partial charge in [-0.1, -0.05) is 0 Å². The highest BCUT2D eigenvalue weighted by molar-refractivity contribution is 5.48. The van der Waals surface area contributed by atoms with Crippen LogP contribution in [0.2, 0.25) is 0 Å². The number of rotatable bonds is 3. The summed E-state index contributed by atoms with van der Waals surface area (Å²) in [5.74, 6) is 1.98. The van der Waals surface area contributed by atoms with Crippen molar-refractivity contribution in [3.8, 4) is 0 Å². The van der Waals surface area contributed by atoms with Crippen molar-refractivity contribution in [2.75, 3.05) is 29.9 Å². The Morgan fingerprint density at radius 3 is 2.80 bits per heavy atom. The number of nitrogens with one attached hydrogen (secondary N) is 1. The van der Waals surface area contributed by atoms with Crippen molar-refractivity contribution in [3.05, 3.63) is 12.4 Å². The van der Waals surface area contributed by atoms with Crippen LogP contribution in [0.5, 0.6) is 0 Å². The summed E-state index contributed by atoms with van der Waals surface area (Å²) in [6.07, 6.45) is 5.55. The molecule has 0 aromatic carbocycles. The number of hydrogen-bond acceptors (Lipinski definition) is 4. The second-order valence-corrected chi connectivity index (χ2v) is 3.84. The van der Waals surface area contributed by atoms with E-state index in [0.717, 1.165) is 31.3 Å². The molecule has 0 radical (unpaired) electrons. The fourth-order valence-electron chi connectivity index (χ4n) is 1.92. The molecule has 2 rings (SSSR count). The van der Waals surface area contributed by atoms with Gasteiger partial charge in [-0.05, 0) is 26.2 Å². The van der Waals surface area contributed by atoms with Gasteiger partial charge < -0.3 is 10.2 Å². The summed E-state index contributed by atoms with van der Waals surface area (Å²) in [6.45, 7) is 5.23. The highest BCUT2D eigenvalue weighted by Crippen LogP contribution is 2.18. The first-order valence-corrected chi connectivity index (χ1v) is 5.71. The standard InChI is InChI=1S/C11H18N4/c1-2-12-10-8-11(14-9-13-10)15-6-4-3-5-7-15/h8-9H,2-7H2,1H3,(H,12,13,14). The number of hydrogen-bond donors (Lipinski definition) is 1. The third-order valence-corrected chi connectivity index (χ3v) is 2.69. The van der Waals surface area contributed by atoms with Gasteiger partial charge in [0, 0.05) is 25.7 Å². The largest absolute Gasteiger partial charge is 0.370 e. The van der Waals surface area contributed by atoms with E-state index in [4.69, 9.17) is 0 Å². The van der Waals surface area contributed by atoms with Crippen LogP contribution in [0.1, 0.15) is 26.2 Å². The normalized spacial score (nSPS) is 16.5. The average Bonchev–Trinajstić information content (AvgIpc) is 2.31. The quantitative estimate of drug-likeness (QED) is 0.820. The maximum Gasteiger partial charge on any atom is 0.134 e. The molecule has 1 fully saturated rings. The Bertz CT molecular complexity index is 307. The Kier molecular flexibility index (Phi) is 3.37. The van der Waals surface area contributed by atoms with E-state index in [1.165, 1.54) is 19.3 Å². The number of anilines is 2. The van der Waals surface area contributed by atoms with Crippen molar-refractivity contribution in [3.63, 3.8) is 0 Å². The smallest absolute Gasteiger partial charge is 0.134 e. The van der Waals surface area contributed by atoms with Crippen LogP contribution in [-0.2, 0) is 0 Å². The van der Waals surface area contributed by atoms with Gasteiger partial charge in [0.05, 0.1) is 0 Å². The minimum absolute atomic E-state index is 0.899. The molecule has 0 bridgehead atoms. The van der Waals surface area contributed by atoms with Gasteiger partial charge in [-0.3, -0.25) is 0 Å². The van der Waals surface area contributed by atoms with E-state index in [0.29, 0.717) is 0 Å². The maximum absolute atomic E-state index is 4.32. The van der Waals surface area contributed by atoms with Gasteiger partial charge in [0.15, 0.2) is 0 Å². The van der Waals surface area contributed by atoms with E-state index >= 15 is 0 Å². The van der Waals surface area contributed by atoms with Crippen LogP contribution in [-0.4, -0.2) is 29.6 Å². The molecule has 1 aliphatic heterocycles. The van der Waals surface area contributed by atoms with Crippen LogP contribution in [0.25, 0.3) is 0 Å². The van der Waals surface area contributed by atoms with E-state index in [-0.39, 0.29) is 0 Å². The summed E-state index contributed by atoms with van der Waals surface area (Å²) in [7, 11) is 0. The van der Waals surface area contributed by atoms with Crippen molar-refractivity contribution in [2.24, 2.45) is 0 Å². The van der Waals surface area contributed by atoms with Crippen LogP contribution < -0.4 is 10.2 Å². The minimum atomic E-state index is 0.899. The van der Waals surface area contributed by atoms with Gasteiger partial charge in [-0.2, -0.15) is 0 Å². The van der Waals surface area contributed by atoms with E-state index in [9.17, 15) is 0 Å². The zero-order valence-electron chi connectivity index (χ0n) is 9.24. The lowest BCUT2D eigenvalue weighted by Crippen LogP contribution is -2.30. The molecule has 0 amide bonds. The molecular weight excluding hydrogens is 188 g/mol. The molecule has 82 valence electrons. The molecule has 0 unspecified atom stereocenters. The fraction of sp³-hybridized carbons (Fsp3) is 0.636. The van der Waals surface area contributed by atoms with Crippen molar-refractivity contribution in [1.82, 2.24) is 9.97 Å². The van der Waals surface area contributed by atoms with Crippen molar-refractivity contribution in [2.45, 2.75) is 26.2 Å². The van der Waals surface area contributed by atoms with E-state index in [1.807, 2.05) is 6.07 Å². The van der Waals surface area contributed by atoms with Crippen molar-refractivity contribution < 1.29 is 0 Å². The third-order valence-electron chi connectivity index (χ3n) is 2.69. The Morgan fingerprint density at radius 2 is 2.07 bits per heavy atom. The van der Waals surface area contributed by atoms with E-state index < -0.39 is 0 Å². The average molecular weight is 206 g/mol. The van der Waals surface area contributed by atoms with Crippen LogP contribution in [0.15, 0.2) is 12.4 Å². The molecule has 1 saturated heterocycles. The molecule has 15 heavy (non-hydrogen) atoms. The van der Waals surface area contributed by atoms with Gasteiger partial charge in [0.25, 0.3) is 0 Å². The highest BCUT2D eigenvalue weighted by atomic mass is 15.2. The van der Waals surface area contributed by atoms with Crippen LogP contribution in [0, 0.1) is 0 Å². The minimum Gasteiger partial charge on any atom is -0.370 e. The third kappa shape index (κ3) is 2.58. The molecule has 4 nitrogen and oxygen atoms in total. The predicted octanol–water partition coefficient (Wildman–Crippen LogP) is 1.90. The number of nitrogens with zero attached hydrogens (tertiary/aromatic N) is 3. The maximum atomic E-state index is 4.32. The van der Waals surface area contributed by atoms with Gasteiger partial charge in [-0.25, -0.2) is 9.97 Å².